The molecule has 1 fully saturated rings. The van der Waals surface area contributed by atoms with E-state index in [2.05, 4.69) is 14.9 Å². The summed E-state index contributed by atoms with van der Waals surface area (Å²) in [5.74, 6) is 0.169. The van der Waals surface area contributed by atoms with Crippen molar-refractivity contribution in [1.29, 1.82) is 0 Å². The minimum Gasteiger partial charge on any atom is -0.476 e. The van der Waals surface area contributed by atoms with Gasteiger partial charge in [-0.1, -0.05) is 0 Å². The largest absolute Gasteiger partial charge is 0.476 e. The molecule has 1 aliphatic rings. The minimum atomic E-state index is -1.06. The number of rotatable bonds is 3. The topological polar surface area (TPSA) is 92.3 Å². The van der Waals surface area contributed by atoms with Crippen molar-refractivity contribution in [3.05, 3.63) is 18.1 Å². The first-order valence-electron chi connectivity index (χ1n) is 5.21. The molecule has 1 unspecified atom stereocenters. The SMILES string of the molecule is NCC1CCN(c2cnc(C(=O)O)cn2)C1. The summed E-state index contributed by atoms with van der Waals surface area (Å²) in [4.78, 5) is 20.6. The minimum absolute atomic E-state index is 0.0293. The van der Waals surface area contributed by atoms with Gasteiger partial charge in [0.25, 0.3) is 0 Å². The van der Waals surface area contributed by atoms with Crippen LogP contribution in [0, 0.1) is 5.92 Å². The molecule has 6 nitrogen and oxygen atoms in total. The van der Waals surface area contributed by atoms with E-state index in [1.165, 1.54) is 12.4 Å². The van der Waals surface area contributed by atoms with Gasteiger partial charge in [0.15, 0.2) is 5.69 Å². The number of hydrogen-bond donors (Lipinski definition) is 2. The van der Waals surface area contributed by atoms with Gasteiger partial charge in [0, 0.05) is 13.1 Å². The van der Waals surface area contributed by atoms with Crippen LogP contribution in [0.2, 0.25) is 0 Å². The van der Waals surface area contributed by atoms with Crippen molar-refractivity contribution >= 4 is 11.8 Å². The molecule has 2 heterocycles. The molecule has 0 saturated carbocycles. The molecular formula is C10H14N4O2. The van der Waals surface area contributed by atoms with Crippen molar-refractivity contribution in [2.45, 2.75) is 6.42 Å². The first kappa shape index (κ1) is 10.8. The van der Waals surface area contributed by atoms with Crippen LogP contribution in [0.25, 0.3) is 0 Å². The maximum atomic E-state index is 10.6. The number of aromatic nitrogens is 2. The lowest BCUT2D eigenvalue weighted by molar-refractivity contribution is 0.0690. The zero-order valence-electron chi connectivity index (χ0n) is 8.83. The zero-order chi connectivity index (χ0) is 11.5. The normalized spacial score (nSPS) is 20.1. The Morgan fingerprint density at radius 3 is 2.88 bits per heavy atom. The van der Waals surface area contributed by atoms with E-state index in [1.54, 1.807) is 0 Å². The van der Waals surface area contributed by atoms with Crippen LogP contribution in [0.5, 0.6) is 0 Å². The summed E-state index contributed by atoms with van der Waals surface area (Å²) in [7, 11) is 0. The highest BCUT2D eigenvalue weighted by Crippen LogP contribution is 2.20. The molecule has 6 heteroatoms. The second kappa shape index (κ2) is 4.44. The Labute approximate surface area is 93.1 Å². The van der Waals surface area contributed by atoms with E-state index in [4.69, 9.17) is 10.8 Å². The summed E-state index contributed by atoms with van der Waals surface area (Å²) >= 11 is 0. The molecule has 16 heavy (non-hydrogen) atoms. The maximum Gasteiger partial charge on any atom is 0.356 e. The number of nitrogens with zero attached hydrogens (tertiary/aromatic N) is 3. The van der Waals surface area contributed by atoms with Gasteiger partial charge in [-0.2, -0.15) is 0 Å². The quantitative estimate of drug-likeness (QED) is 0.745. The molecule has 0 aliphatic carbocycles. The molecule has 2 rings (SSSR count). The number of nitrogens with two attached hydrogens (primary N) is 1. The Morgan fingerprint density at radius 2 is 2.38 bits per heavy atom. The third-order valence-corrected chi connectivity index (χ3v) is 2.80. The van der Waals surface area contributed by atoms with Crippen molar-refractivity contribution < 1.29 is 9.90 Å². The number of carbonyl (C=O) groups is 1. The van der Waals surface area contributed by atoms with Crippen molar-refractivity contribution in [2.24, 2.45) is 11.7 Å². The van der Waals surface area contributed by atoms with Crippen molar-refractivity contribution in [3.63, 3.8) is 0 Å². The highest BCUT2D eigenvalue weighted by molar-refractivity contribution is 5.84. The van der Waals surface area contributed by atoms with E-state index in [-0.39, 0.29) is 5.69 Å². The van der Waals surface area contributed by atoms with Crippen LogP contribution in [-0.2, 0) is 0 Å². The van der Waals surface area contributed by atoms with Gasteiger partial charge in [-0.25, -0.2) is 14.8 Å². The third-order valence-electron chi connectivity index (χ3n) is 2.80. The summed E-state index contributed by atoms with van der Waals surface area (Å²) in [5, 5.41) is 8.69. The fraction of sp³-hybridized carbons (Fsp3) is 0.500. The first-order valence-corrected chi connectivity index (χ1v) is 5.21. The molecule has 3 N–H and O–H groups in total. The first-order chi connectivity index (χ1) is 7.70. The van der Waals surface area contributed by atoms with Gasteiger partial charge in [-0.05, 0) is 18.9 Å². The van der Waals surface area contributed by atoms with E-state index in [0.29, 0.717) is 12.5 Å². The summed E-state index contributed by atoms with van der Waals surface area (Å²) in [6.45, 7) is 2.46. The van der Waals surface area contributed by atoms with E-state index in [1.807, 2.05) is 0 Å². The van der Waals surface area contributed by atoms with Crippen molar-refractivity contribution in [1.82, 2.24) is 9.97 Å². The van der Waals surface area contributed by atoms with Gasteiger partial charge in [-0.15, -0.1) is 0 Å². The molecule has 1 saturated heterocycles. The highest BCUT2D eigenvalue weighted by atomic mass is 16.4. The second-order valence-corrected chi connectivity index (χ2v) is 3.90. The van der Waals surface area contributed by atoms with Gasteiger partial charge >= 0.3 is 5.97 Å². The average Bonchev–Trinajstić information content (AvgIpc) is 2.77. The Morgan fingerprint density at radius 1 is 1.56 bits per heavy atom. The Balaban J connectivity index is 2.08. The van der Waals surface area contributed by atoms with E-state index in [9.17, 15) is 4.79 Å². The van der Waals surface area contributed by atoms with Gasteiger partial charge in [0.2, 0.25) is 0 Å². The zero-order valence-corrected chi connectivity index (χ0v) is 8.83. The Kier molecular flexibility index (Phi) is 3.00. The molecule has 0 amide bonds. The number of hydrogen-bond acceptors (Lipinski definition) is 5. The van der Waals surface area contributed by atoms with E-state index in [0.717, 1.165) is 25.3 Å². The number of aromatic carboxylic acids is 1. The molecule has 0 radical (unpaired) electrons. The molecule has 0 bridgehead atoms. The van der Waals surface area contributed by atoms with Crippen LogP contribution in [0.1, 0.15) is 16.9 Å². The standard InChI is InChI=1S/C10H14N4O2/c11-3-7-1-2-14(6-7)9-5-12-8(4-13-9)10(15)16/h4-5,7H,1-3,6,11H2,(H,15,16). The van der Waals surface area contributed by atoms with Crippen molar-refractivity contribution in [2.75, 3.05) is 24.5 Å². The third kappa shape index (κ3) is 2.11. The lowest BCUT2D eigenvalue weighted by atomic mass is 10.1. The molecule has 1 aromatic rings. The predicted octanol–water partition coefficient (Wildman–Crippen LogP) is -0.0402. The summed E-state index contributed by atoms with van der Waals surface area (Å²) in [6, 6.07) is 0. The second-order valence-electron chi connectivity index (χ2n) is 3.90. The fourth-order valence-corrected chi connectivity index (χ4v) is 1.83. The number of anilines is 1. The van der Waals surface area contributed by atoms with Crippen LogP contribution >= 0.6 is 0 Å². The van der Waals surface area contributed by atoms with Gasteiger partial charge in [0.1, 0.15) is 5.82 Å². The Bertz CT molecular complexity index is 379. The van der Waals surface area contributed by atoms with Crippen LogP contribution in [0.3, 0.4) is 0 Å². The Hall–Kier alpha value is -1.69. The summed E-state index contributed by atoms with van der Waals surface area (Å²) < 4.78 is 0. The van der Waals surface area contributed by atoms with Crippen LogP contribution < -0.4 is 10.6 Å². The summed E-state index contributed by atoms with van der Waals surface area (Å²) in [6.07, 6.45) is 3.84. The van der Waals surface area contributed by atoms with E-state index < -0.39 is 5.97 Å². The monoisotopic (exact) mass is 222 g/mol. The maximum absolute atomic E-state index is 10.6. The highest BCUT2D eigenvalue weighted by Gasteiger charge is 2.22. The molecule has 0 spiro atoms. The molecule has 0 aromatic carbocycles. The predicted molar refractivity (Wildman–Crippen MR) is 58.4 cm³/mol. The molecule has 1 aliphatic heterocycles. The lowest BCUT2D eigenvalue weighted by Crippen LogP contribution is -2.23. The lowest BCUT2D eigenvalue weighted by Gasteiger charge is -2.16. The van der Waals surface area contributed by atoms with Crippen LogP contribution in [-0.4, -0.2) is 40.7 Å². The van der Waals surface area contributed by atoms with Crippen LogP contribution in [0.4, 0.5) is 5.82 Å². The van der Waals surface area contributed by atoms with Gasteiger partial charge < -0.3 is 15.7 Å². The number of carboxylic acids is 1. The number of carboxylic acid groups (broad SMARTS) is 1. The van der Waals surface area contributed by atoms with Crippen molar-refractivity contribution in [3.8, 4) is 0 Å². The van der Waals surface area contributed by atoms with Gasteiger partial charge in [0.05, 0.1) is 12.4 Å². The average molecular weight is 222 g/mol. The molecule has 1 atom stereocenters. The smallest absolute Gasteiger partial charge is 0.356 e. The fourth-order valence-electron chi connectivity index (χ4n) is 1.83. The van der Waals surface area contributed by atoms with Crippen LogP contribution in [0.15, 0.2) is 12.4 Å². The van der Waals surface area contributed by atoms with E-state index >= 15 is 0 Å². The summed E-state index contributed by atoms with van der Waals surface area (Å²) in [5.41, 5.74) is 5.57. The molecule has 86 valence electrons. The van der Waals surface area contributed by atoms with Gasteiger partial charge in [-0.3, -0.25) is 0 Å². The molecular weight excluding hydrogens is 208 g/mol. The molecule has 1 aromatic heterocycles.